The minimum absolute atomic E-state index is 0.0796. The second-order valence-electron chi connectivity index (χ2n) is 3.98. The minimum atomic E-state index is -0.0816. The van der Waals surface area contributed by atoms with Crippen LogP contribution in [0.3, 0.4) is 0 Å². The van der Waals surface area contributed by atoms with Crippen molar-refractivity contribution in [2.45, 2.75) is 12.5 Å². The van der Waals surface area contributed by atoms with Crippen LogP contribution < -0.4 is 0 Å². The molecule has 2 rings (SSSR count). The van der Waals surface area contributed by atoms with Crippen molar-refractivity contribution in [1.29, 1.82) is 0 Å². The average molecular weight is 326 g/mol. The van der Waals surface area contributed by atoms with E-state index in [1.807, 2.05) is 11.8 Å². The summed E-state index contributed by atoms with van der Waals surface area (Å²) in [5.41, 5.74) is 0.474. The molecule has 0 radical (unpaired) electrons. The molecule has 1 fully saturated rings. The topological polar surface area (TPSA) is 40.5 Å². The molecule has 1 aromatic heterocycles. The number of nitrogens with zero attached hydrogens (tertiary/aromatic N) is 1. The molecular formula is C11H13Cl2NO2S2. The van der Waals surface area contributed by atoms with Gasteiger partial charge in [0.1, 0.15) is 4.34 Å². The fourth-order valence-electron chi connectivity index (χ4n) is 1.95. The monoisotopic (exact) mass is 325 g/mol. The smallest absolute Gasteiger partial charge is 0.256 e. The van der Waals surface area contributed by atoms with E-state index in [4.69, 9.17) is 28.3 Å². The third kappa shape index (κ3) is 3.14. The zero-order chi connectivity index (χ0) is 13.1. The minimum Gasteiger partial charge on any atom is -0.396 e. The summed E-state index contributed by atoms with van der Waals surface area (Å²) < 4.78 is 0.958. The Hall–Kier alpha value is 0.0600. The maximum absolute atomic E-state index is 12.4. The molecule has 0 unspecified atom stereocenters. The number of amides is 1. The lowest BCUT2D eigenvalue weighted by Crippen LogP contribution is -2.46. The van der Waals surface area contributed by atoms with Crippen LogP contribution in [0.4, 0.5) is 0 Å². The van der Waals surface area contributed by atoms with Gasteiger partial charge in [-0.25, -0.2) is 0 Å². The lowest BCUT2D eigenvalue weighted by Gasteiger charge is -2.35. The number of thioether (sulfide) groups is 1. The lowest BCUT2D eigenvalue weighted by molar-refractivity contribution is 0.0679. The summed E-state index contributed by atoms with van der Waals surface area (Å²) in [6.07, 6.45) is 0.605. The van der Waals surface area contributed by atoms with E-state index in [2.05, 4.69) is 0 Å². The molecule has 3 nitrogen and oxygen atoms in total. The van der Waals surface area contributed by atoms with E-state index in [9.17, 15) is 4.79 Å². The van der Waals surface area contributed by atoms with Gasteiger partial charge in [0.05, 0.1) is 9.90 Å². The first-order valence-electron chi connectivity index (χ1n) is 5.58. The standard InChI is InChI=1S/C11H13Cl2NO2S2/c12-9-5-8(10(13)18-9)11(16)14-2-4-17-6-7(14)1-3-15/h5,7,15H,1-4,6H2/t7-/m0/s1. The van der Waals surface area contributed by atoms with Crippen molar-refractivity contribution in [2.75, 3.05) is 24.7 Å². The molecule has 100 valence electrons. The SMILES string of the molecule is O=C(c1cc(Cl)sc1Cl)N1CCSC[C@@H]1CCO. The first-order valence-corrected chi connectivity index (χ1v) is 8.30. The van der Waals surface area contributed by atoms with E-state index in [-0.39, 0.29) is 18.6 Å². The van der Waals surface area contributed by atoms with Crippen LogP contribution in [0.5, 0.6) is 0 Å². The van der Waals surface area contributed by atoms with Crippen LogP contribution in [0, 0.1) is 0 Å². The predicted molar refractivity (Wildman–Crippen MR) is 78.2 cm³/mol. The van der Waals surface area contributed by atoms with Crippen LogP contribution in [-0.2, 0) is 0 Å². The van der Waals surface area contributed by atoms with E-state index >= 15 is 0 Å². The molecule has 1 N–H and O–H groups in total. The number of carbonyl (C=O) groups excluding carboxylic acids is 1. The van der Waals surface area contributed by atoms with E-state index in [1.165, 1.54) is 11.3 Å². The molecule has 1 aromatic rings. The van der Waals surface area contributed by atoms with Gasteiger partial charge in [0.25, 0.3) is 5.91 Å². The molecule has 1 aliphatic heterocycles. The highest BCUT2D eigenvalue weighted by Gasteiger charge is 2.29. The number of hydrogen-bond acceptors (Lipinski definition) is 4. The molecule has 1 atom stereocenters. The van der Waals surface area contributed by atoms with Gasteiger partial charge in [-0.1, -0.05) is 23.2 Å². The van der Waals surface area contributed by atoms with Crippen molar-refractivity contribution in [3.8, 4) is 0 Å². The van der Waals surface area contributed by atoms with Gasteiger partial charge in [-0.15, -0.1) is 11.3 Å². The quantitative estimate of drug-likeness (QED) is 0.928. The first kappa shape index (κ1) is 14.5. The Kier molecular flexibility index (Phi) is 5.21. The maximum Gasteiger partial charge on any atom is 0.256 e. The van der Waals surface area contributed by atoms with Gasteiger partial charge in [0.2, 0.25) is 0 Å². The molecule has 0 saturated carbocycles. The Labute approximate surface area is 124 Å². The highest BCUT2D eigenvalue weighted by molar-refractivity contribution is 7.99. The highest BCUT2D eigenvalue weighted by Crippen LogP contribution is 2.33. The van der Waals surface area contributed by atoms with Crippen LogP contribution in [-0.4, -0.2) is 46.6 Å². The van der Waals surface area contributed by atoms with Gasteiger partial charge in [0, 0.05) is 30.7 Å². The van der Waals surface area contributed by atoms with Crippen LogP contribution in [0.1, 0.15) is 16.8 Å². The predicted octanol–water partition coefficient (Wildman–Crippen LogP) is 2.99. The van der Waals surface area contributed by atoms with E-state index in [0.717, 1.165) is 11.5 Å². The van der Waals surface area contributed by atoms with Gasteiger partial charge in [-0.2, -0.15) is 11.8 Å². The average Bonchev–Trinajstić information content (AvgIpc) is 2.69. The summed E-state index contributed by atoms with van der Waals surface area (Å²) in [5, 5.41) is 9.05. The van der Waals surface area contributed by atoms with Crippen molar-refractivity contribution in [1.82, 2.24) is 4.90 Å². The zero-order valence-electron chi connectivity index (χ0n) is 9.57. The summed E-state index contributed by atoms with van der Waals surface area (Å²) >= 11 is 14.9. The molecule has 1 amide bonds. The summed E-state index contributed by atoms with van der Waals surface area (Å²) in [7, 11) is 0. The molecule has 0 spiro atoms. The van der Waals surface area contributed by atoms with Gasteiger partial charge < -0.3 is 10.0 Å². The summed E-state index contributed by atoms with van der Waals surface area (Å²) in [4.78, 5) is 14.2. The number of rotatable bonds is 3. The van der Waals surface area contributed by atoms with Crippen LogP contribution in [0.2, 0.25) is 8.67 Å². The van der Waals surface area contributed by atoms with E-state index in [1.54, 1.807) is 11.0 Å². The Bertz CT molecular complexity index is 437. The van der Waals surface area contributed by atoms with Crippen molar-refractivity contribution in [3.05, 3.63) is 20.3 Å². The Balaban J connectivity index is 2.18. The van der Waals surface area contributed by atoms with Crippen molar-refractivity contribution < 1.29 is 9.90 Å². The summed E-state index contributed by atoms with van der Waals surface area (Å²) in [5.74, 6) is 1.70. The third-order valence-corrected chi connectivity index (χ3v) is 5.42. The Morgan fingerprint density at radius 2 is 2.33 bits per heavy atom. The molecule has 2 heterocycles. The molecule has 18 heavy (non-hydrogen) atoms. The Morgan fingerprint density at radius 3 is 2.94 bits per heavy atom. The molecule has 1 saturated heterocycles. The van der Waals surface area contributed by atoms with Crippen molar-refractivity contribution >= 4 is 52.2 Å². The maximum atomic E-state index is 12.4. The van der Waals surface area contributed by atoms with Gasteiger partial charge in [-0.3, -0.25) is 4.79 Å². The number of carbonyl (C=O) groups is 1. The fourth-order valence-corrected chi connectivity index (χ4v) is 4.51. The van der Waals surface area contributed by atoms with Gasteiger partial charge in [0.15, 0.2) is 0 Å². The zero-order valence-corrected chi connectivity index (χ0v) is 12.7. The van der Waals surface area contributed by atoms with Crippen LogP contribution >= 0.6 is 46.3 Å². The molecule has 0 bridgehead atoms. The third-order valence-electron chi connectivity index (χ3n) is 2.84. The molecular weight excluding hydrogens is 313 g/mol. The van der Waals surface area contributed by atoms with Gasteiger partial charge in [-0.05, 0) is 12.5 Å². The number of hydrogen-bond donors (Lipinski definition) is 1. The number of aliphatic hydroxyl groups is 1. The van der Waals surface area contributed by atoms with Crippen LogP contribution in [0.25, 0.3) is 0 Å². The molecule has 1 aliphatic rings. The molecule has 0 aromatic carbocycles. The number of aliphatic hydroxyl groups excluding tert-OH is 1. The number of halogens is 2. The second kappa shape index (κ2) is 6.48. The normalized spacial score (nSPS) is 20.2. The second-order valence-corrected chi connectivity index (χ2v) is 7.41. The van der Waals surface area contributed by atoms with Gasteiger partial charge >= 0.3 is 0 Å². The number of thiophene rings is 1. The largest absolute Gasteiger partial charge is 0.396 e. The first-order chi connectivity index (χ1) is 8.63. The van der Waals surface area contributed by atoms with Crippen molar-refractivity contribution in [2.24, 2.45) is 0 Å². The van der Waals surface area contributed by atoms with E-state index < -0.39 is 0 Å². The molecule has 0 aliphatic carbocycles. The highest BCUT2D eigenvalue weighted by atomic mass is 35.5. The van der Waals surface area contributed by atoms with Crippen molar-refractivity contribution in [3.63, 3.8) is 0 Å². The van der Waals surface area contributed by atoms with Crippen LogP contribution in [0.15, 0.2) is 6.07 Å². The molecule has 7 heteroatoms. The summed E-state index contributed by atoms with van der Waals surface area (Å²) in [6, 6.07) is 1.70. The fraction of sp³-hybridized carbons (Fsp3) is 0.545. The van der Waals surface area contributed by atoms with E-state index in [0.29, 0.717) is 27.2 Å². The lowest BCUT2D eigenvalue weighted by atomic mass is 10.1. The summed E-state index contributed by atoms with van der Waals surface area (Å²) in [6.45, 7) is 0.783. The Morgan fingerprint density at radius 1 is 1.56 bits per heavy atom.